The largest absolute Gasteiger partial charge is 0.464 e. The van der Waals surface area contributed by atoms with E-state index in [1.54, 1.807) is 7.11 Å². The molecule has 0 bridgehead atoms. The third-order valence-electron chi connectivity index (χ3n) is 2.86. The zero-order valence-corrected chi connectivity index (χ0v) is 10.4. The lowest BCUT2D eigenvalue weighted by atomic mass is 10.1. The number of para-hydroxylation sites is 1. The zero-order valence-electron chi connectivity index (χ0n) is 10.4. The minimum atomic E-state index is 0.198. The Morgan fingerprint density at radius 3 is 2.94 bits per heavy atom. The highest BCUT2D eigenvalue weighted by Crippen LogP contribution is 2.26. The van der Waals surface area contributed by atoms with Gasteiger partial charge in [-0.25, -0.2) is 0 Å². The van der Waals surface area contributed by atoms with Gasteiger partial charge in [-0.1, -0.05) is 25.1 Å². The van der Waals surface area contributed by atoms with E-state index >= 15 is 0 Å². The first-order valence-corrected chi connectivity index (χ1v) is 6.05. The quantitative estimate of drug-likeness (QED) is 0.832. The number of ether oxygens (including phenoxy) is 1. The van der Waals surface area contributed by atoms with Gasteiger partial charge < -0.3 is 14.5 Å². The Morgan fingerprint density at radius 2 is 2.18 bits per heavy atom. The monoisotopic (exact) mass is 233 g/mol. The Hall–Kier alpha value is -1.32. The van der Waals surface area contributed by atoms with Crippen LogP contribution in [-0.2, 0) is 4.74 Å². The number of benzene rings is 1. The van der Waals surface area contributed by atoms with E-state index in [2.05, 4.69) is 18.3 Å². The summed E-state index contributed by atoms with van der Waals surface area (Å²) in [4.78, 5) is 0. The number of rotatable bonds is 6. The SMILES string of the molecule is CCCNC(COC)c1coc2ccccc12. The fourth-order valence-electron chi connectivity index (χ4n) is 2.01. The molecule has 3 heteroatoms. The van der Waals surface area contributed by atoms with Gasteiger partial charge in [0.15, 0.2) is 0 Å². The lowest BCUT2D eigenvalue weighted by Crippen LogP contribution is -2.25. The number of fused-ring (bicyclic) bond motifs is 1. The Labute approximate surface area is 102 Å². The second-order valence-corrected chi connectivity index (χ2v) is 4.15. The first-order valence-electron chi connectivity index (χ1n) is 6.05. The molecule has 1 aromatic heterocycles. The number of hydrogen-bond donors (Lipinski definition) is 1. The molecule has 0 aliphatic heterocycles. The van der Waals surface area contributed by atoms with Gasteiger partial charge >= 0.3 is 0 Å². The van der Waals surface area contributed by atoms with E-state index in [1.165, 1.54) is 5.56 Å². The molecule has 1 heterocycles. The number of methoxy groups -OCH3 is 1. The van der Waals surface area contributed by atoms with Gasteiger partial charge in [0, 0.05) is 18.1 Å². The van der Waals surface area contributed by atoms with Crippen LogP contribution in [0.4, 0.5) is 0 Å². The van der Waals surface area contributed by atoms with Crippen LogP contribution in [-0.4, -0.2) is 20.3 Å². The Balaban J connectivity index is 2.27. The van der Waals surface area contributed by atoms with Gasteiger partial charge in [0.2, 0.25) is 0 Å². The van der Waals surface area contributed by atoms with Crippen molar-refractivity contribution in [3.05, 3.63) is 36.1 Å². The average Bonchev–Trinajstić information content (AvgIpc) is 2.78. The summed E-state index contributed by atoms with van der Waals surface area (Å²) in [7, 11) is 1.73. The molecule has 3 nitrogen and oxygen atoms in total. The lowest BCUT2D eigenvalue weighted by Gasteiger charge is -2.16. The van der Waals surface area contributed by atoms with Gasteiger partial charge in [-0.3, -0.25) is 0 Å². The van der Waals surface area contributed by atoms with Crippen molar-refractivity contribution in [1.82, 2.24) is 5.32 Å². The molecule has 2 aromatic rings. The third-order valence-corrected chi connectivity index (χ3v) is 2.86. The maximum atomic E-state index is 5.56. The Bertz CT molecular complexity index is 464. The molecular formula is C14H19NO2. The van der Waals surface area contributed by atoms with E-state index in [1.807, 2.05) is 24.5 Å². The first-order chi connectivity index (χ1) is 8.36. The van der Waals surface area contributed by atoms with E-state index in [-0.39, 0.29) is 6.04 Å². The third kappa shape index (κ3) is 2.68. The smallest absolute Gasteiger partial charge is 0.134 e. The summed E-state index contributed by atoms with van der Waals surface area (Å²) in [6, 6.07) is 8.29. The molecule has 1 aromatic carbocycles. The molecule has 0 fully saturated rings. The second kappa shape index (κ2) is 5.84. The van der Waals surface area contributed by atoms with Crippen LogP contribution in [0.15, 0.2) is 34.9 Å². The topological polar surface area (TPSA) is 34.4 Å². The lowest BCUT2D eigenvalue weighted by molar-refractivity contribution is 0.167. The van der Waals surface area contributed by atoms with Crippen molar-refractivity contribution < 1.29 is 9.15 Å². The van der Waals surface area contributed by atoms with E-state index in [9.17, 15) is 0 Å². The summed E-state index contributed by atoms with van der Waals surface area (Å²) >= 11 is 0. The van der Waals surface area contributed by atoms with Gasteiger partial charge in [0.1, 0.15) is 5.58 Å². The highest BCUT2D eigenvalue weighted by molar-refractivity contribution is 5.81. The average molecular weight is 233 g/mol. The van der Waals surface area contributed by atoms with Gasteiger partial charge in [0.05, 0.1) is 18.9 Å². The first kappa shape index (κ1) is 12.1. The molecule has 2 rings (SSSR count). The van der Waals surface area contributed by atoms with Crippen LogP contribution >= 0.6 is 0 Å². The van der Waals surface area contributed by atoms with Gasteiger partial charge in [-0.2, -0.15) is 0 Å². The molecular weight excluding hydrogens is 214 g/mol. The van der Waals surface area contributed by atoms with Crippen LogP contribution in [0.2, 0.25) is 0 Å². The Morgan fingerprint density at radius 1 is 1.35 bits per heavy atom. The Kier molecular flexibility index (Phi) is 4.18. The maximum absolute atomic E-state index is 5.56. The fourth-order valence-corrected chi connectivity index (χ4v) is 2.01. The molecule has 0 spiro atoms. The van der Waals surface area contributed by atoms with Crippen molar-refractivity contribution in [2.45, 2.75) is 19.4 Å². The van der Waals surface area contributed by atoms with Crippen molar-refractivity contribution >= 4 is 11.0 Å². The van der Waals surface area contributed by atoms with Crippen LogP contribution in [0.25, 0.3) is 11.0 Å². The van der Waals surface area contributed by atoms with Gasteiger partial charge in [-0.15, -0.1) is 0 Å². The molecule has 0 saturated heterocycles. The molecule has 92 valence electrons. The van der Waals surface area contributed by atoms with Crippen molar-refractivity contribution in [2.75, 3.05) is 20.3 Å². The summed E-state index contributed by atoms with van der Waals surface area (Å²) in [5, 5.41) is 4.64. The van der Waals surface area contributed by atoms with Crippen molar-refractivity contribution in [2.24, 2.45) is 0 Å². The zero-order chi connectivity index (χ0) is 12.1. The molecule has 17 heavy (non-hydrogen) atoms. The van der Waals surface area contributed by atoms with Gasteiger partial charge in [-0.05, 0) is 19.0 Å². The molecule has 0 amide bonds. The van der Waals surface area contributed by atoms with Crippen LogP contribution < -0.4 is 5.32 Å². The van der Waals surface area contributed by atoms with E-state index < -0.39 is 0 Å². The molecule has 1 unspecified atom stereocenters. The minimum Gasteiger partial charge on any atom is -0.464 e. The number of furan rings is 1. The standard InChI is InChI=1S/C14H19NO2/c1-3-8-15-13(10-16-2)12-9-17-14-7-5-4-6-11(12)14/h4-7,9,13,15H,3,8,10H2,1-2H3. The highest BCUT2D eigenvalue weighted by Gasteiger charge is 2.15. The predicted octanol–water partition coefficient (Wildman–Crippen LogP) is 3.12. The fraction of sp³-hybridized carbons (Fsp3) is 0.429. The van der Waals surface area contributed by atoms with Gasteiger partial charge in [0.25, 0.3) is 0 Å². The molecule has 0 aliphatic carbocycles. The second-order valence-electron chi connectivity index (χ2n) is 4.15. The van der Waals surface area contributed by atoms with E-state index in [0.717, 1.165) is 23.9 Å². The van der Waals surface area contributed by atoms with E-state index in [4.69, 9.17) is 9.15 Å². The van der Waals surface area contributed by atoms with Crippen molar-refractivity contribution in [3.63, 3.8) is 0 Å². The summed E-state index contributed by atoms with van der Waals surface area (Å²) in [5.41, 5.74) is 2.11. The summed E-state index contributed by atoms with van der Waals surface area (Å²) in [6.07, 6.45) is 2.94. The molecule has 1 atom stereocenters. The molecule has 1 N–H and O–H groups in total. The van der Waals surface area contributed by atoms with Crippen LogP contribution in [0, 0.1) is 0 Å². The van der Waals surface area contributed by atoms with Crippen LogP contribution in [0.1, 0.15) is 24.9 Å². The normalized spacial score (nSPS) is 13.1. The van der Waals surface area contributed by atoms with E-state index in [0.29, 0.717) is 6.61 Å². The summed E-state index contributed by atoms with van der Waals surface area (Å²) in [6.45, 7) is 3.79. The summed E-state index contributed by atoms with van der Waals surface area (Å²) < 4.78 is 10.8. The molecule has 0 aliphatic rings. The number of hydrogen-bond acceptors (Lipinski definition) is 3. The van der Waals surface area contributed by atoms with Crippen molar-refractivity contribution in [3.8, 4) is 0 Å². The minimum absolute atomic E-state index is 0.198. The predicted molar refractivity (Wildman–Crippen MR) is 69.1 cm³/mol. The number of nitrogens with one attached hydrogen (secondary N) is 1. The summed E-state index contributed by atoms with van der Waals surface area (Å²) in [5.74, 6) is 0. The maximum Gasteiger partial charge on any atom is 0.134 e. The molecule has 0 saturated carbocycles. The molecule has 0 radical (unpaired) electrons. The van der Waals surface area contributed by atoms with Crippen molar-refractivity contribution in [1.29, 1.82) is 0 Å². The highest BCUT2D eigenvalue weighted by atomic mass is 16.5. The van der Waals surface area contributed by atoms with Crippen LogP contribution in [0.5, 0.6) is 0 Å². The van der Waals surface area contributed by atoms with Crippen LogP contribution in [0.3, 0.4) is 0 Å².